The number of aromatic nitrogens is 8. The summed E-state index contributed by atoms with van der Waals surface area (Å²) >= 11 is -4.09. The van der Waals surface area contributed by atoms with Crippen LogP contribution in [0.5, 0.6) is 0 Å². The number of nitrogens with one attached hydrogen (secondary N) is 2. The zero-order valence-corrected chi connectivity index (χ0v) is 33.8. The molecule has 2 N–H and O–H groups in total. The van der Waals surface area contributed by atoms with E-state index in [4.69, 9.17) is 9.97 Å². The molecule has 25 heteroatoms. The Kier molecular flexibility index (Phi) is 9.60. The quantitative estimate of drug-likeness (QED) is 0.115. The van der Waals surface area contributed by atoms with Crippen molar-refractivity contribution in [3.63, 3.8) is 0 Å². The SMILES string of the molecule is FC(F)(F)C(F)(F)C(F)(F)C(F)(F)C(F)(F)C(F)(F)C(F)(F)[O][Sn][c]1cccc2c3nc4nc(nc5[nH]c(nc6nc(nc([nH]3)c12)-c1ccccc1-6)c1ccccc51)-c1ccccc1-4. The summed E-state index contributed by atoms with van der Waals surface area (Å²) in [6.07, 6.45) is -14.6. The normalized spacial score (nSPS) is 14.0. The summed E-state index contributed by atoms with van der Waals surface area (Å²) < 4.78 is 213. The average Bonchev–Trinajstić information content (AvgIpc) is 3.98. The van der Waals surface area contributed by atoms with Crippen LogP contribution in [-0.2, 0) is 3.07 Å². The molecular formula is C39H17F15N8OSn. The van der Waals surface area contributed by atoms with Crippen LogP contribution in [0.15, 0.2) is 91.0 Å². The van der Waals surface area contributed by atoms with Gasteiger partial charge in [0, 0.05) is 0 Å². The number of aromatic amines is 2. The number of hydrogen-bond acceptors (Lipinski definition) is 7. The van der Waals surface area contributed by atoms with Gasteiger partial charge in [-0.1, -0.05) is 6.07 Å². The summed E-state index contributed by atoms with van der Waals surface area (Å²) in [6, 6.07) is 23.8. The van der Waals surface area contributed by atoms with Crippen molar-refractivity contribution in [2.45, 2.75) is 41.9 Å². The minimum atomic E-state index is -8.45. The maximum absolute atomic E-state index is 15.1. The van der Waals surface area contributed by atoms with Crippen molar-refractivity contribution in [2.24, 2.45) is 0 Å². The summed E-state index contributed by atoms with van der Waals surface area (Å²) in [4.78, 5) is 34.1. The van der Waals surface area contributed by atoms with Crippen molar-refractivity contribution < 1.29 is 68.9 Å². The van der Waals surface area contributed by atoms with E-state index in [0.717, 1.165) is 12.1 Å². The fourth-order valence-corrected chi connectivity index (χ4v) is 9.44. The van der Waals surface area contributed by atoms with Gasteiger partial charge in [-0.2, -0.15) is 0 Å². The van der Waals surface area contributed by atoms with Gasteiger partial charge in [-0.3, -0.25) is 0 Å². The number of alkyl halides is 15. The van der Waals surface area contributed by atoms with E-state index in [2.05, 4.69) is 33.0 Å². The van der Waals surface area contributed by atoms with Gasteiger partial charge in [0.1, 0.15) is 0 Å². The molecular weight excluding hydrogens is 1000 g/mol. The minimum absolute atomic E-state index is 0.0277. The van der Waals surface area contributed by atoms with Crippen LogP contribution in [0.25, 0.3) is 89.7 Å². The molecule has 2 radical (unpaired) electrons. The second-order valence-electron chi connectivity index (χ2n) is 14.1. The van der Waals surface area contributed by atoms with Crippen molar-refractivity contribution in [1.29, 1.82) is 0 Å². The molecule has 9 rings (SSSR count). The summed E-state index contributed by atoms with van der Waals surface area (Å²) in [5.41, 5.74) is 1.99. The van der Waals surface area contributed by atoms with Gasteiger partial charge in [-0.05, 0) is 0 Å². The number of fused-ring (bicyclic) bond motifs is 20. The summed E-state index contributed by atoms with van der Waals surface area (Å²) in [6.45, 7) is 0. The first-order chi connectivity index (χ1) is 29.9. The zero-order chi connectivity index (χ0) is 46.0. The van der Waals surface area contributed by atoms with Crippen molar-refractivity contribution in [3.05, 3.63) is 91.0 Å². The Morgan fingerprint density at radius 2 is 0.734 bits per heavy atom. The van der Waals surface area contributed by atoms with Gasteiger partial charge in [0.15, 0.2) is 0 Å². The van der Waals surface area contributed by atoms with Crippen molar-refractivity contribution in [2.75, 3.05) is 0 Å². The molecule has 2 aliphatic rings. The number of nitrogens with zero attached hydrogens (tertiary/aromatic N) is 6. The van der Waals surface area contributed by atoms with Gasteiger partial charge in [0.05, 0.1) is 0 Å². The van der Waals surface area contributed by atoms with Crippen LogP contribution in [0.3, 0.4) is 0 Å². The van der Waals surface area contributed by atoms with Gasteiger partial charge in [-0.15, -0.1) is 0 Å². The maximum atomic E-state index is 15.1. The standard InChI is InChI=1S/C32H17N8.C7F15O.Sn/c1-2-10-18-17(9-1)25-33-26(18)38-28-21-13-5-6-14-22(21)30(35-28)40-32-24-16-8-7-15-23(24)31(36-32)39-29-20-12-4-3-11-19(20)27(34-29)37-25;8-1(9,2(10,11)4(14,15)6(18,19)20)3(12,13)5(16,17)7(21,22)23;/h1-15H,(H2,33,34,35,36,37,38,39,40);;/q;-1;+1. The third-order valence-electron chi connectivity index (χ3n) is 10.2. The van der Waals surface area contributed by atoms with Crippen molar-refractivity contribution >= 4 is 69.3 Å². The van der Waals surface area contributed by atoms with Gasteiger partial charge < -0.3 is 0 Å². The molecule has 7 aromatic rings. The Morgan fingerprint density at radius 1 is 0.375 bits per heavy atom. The number of benzene rings is 4. The first-order valence-electron chi connectivity index (χ1n) is 17.9. The van der Waals surface area contributed by atoms with Crippen molar-refractivity contribution in [1.82, 2.24) is 39.9 Å². The second kappa shape index (κ2) is 14.2. The Labute approximate surface area is 355 Å². The van der Waals surface area contributed by atoms with Crippen molar-refractivity contribution in [3.8, 4) is 45.6 Å². The van der Waals surface area contributed by atoms with E-state index in [1.165, 1.54) is 6.07 Å². The Morgan fingerprint density at radius 3 is 1.19 bits per heavy atom. The predicted octanol–water partition coefficient (Wildman–Crippen LogP) is 10.5. The molecule has 0 unspecified atom stereocenters. The van der Waals surface area contributed by atoms with Gasteiger partial charge in [0.25, 0.3) is 0 Å². The van der Waals surface area contributed by atoms with E-state index in [0.29, 0.717) is 44.3 Å². The van der Waals surface area contributed by atoms with Gasteiger partial charge >= 0.3 is 350 Å². The molecule has 9 nitrogen and oxygen atoms in total. The summed E-state index contributed by atoms with van der Waals surface area (Å²) in [5, 5.41) is 1.01. The van der Waals surface area contributed by atoms with Crippen LogP contribution >= 0.6 is 0 Å². The molecule has 0 spiro atoms. The molecule has 64 heavy (non-hydrogen) atoms. The Hall–Kier alpha value is -6.05. The molecule has 3 aromatic heterocycles. The van der Waals surface area contributed by atoms with Crippen LogP contribution in [0, 0.1) is 0 Å². The monoisotopic (exact) mass is 1020 g/mol. The van der Waals surface area contributed by atoms with E-state index in [1.807, 2.05) is 0 Å². The molecule has 8 bridgehead atoms. The third kappa shape index (κ3) is 6.21. The molecule has 0 fully saturated rings. The predicted molar refractivity (Wildman–Crippen MR) is 198 cm³/mol. The van der Waals surface area contributed by atoms with E-state index in [-0.39, 0.29) is 45.4 Å². The molecule has 0 saturated heterocycles. The summed E-state index contributed by atoms with van der Waals surface area (Å²) in [5.74, 6) is -40.8. The van der Waals surface area contributed by atoms with Crippen LogP contribution in [0.1, 0.15) is 0 Å². The van der Waals surface area contributed by atoms with Crippen LogP contribution in [-0.4, -0.2) is 103 Å². The Balaban J connectivity index is 1.23. The third-order valence-corrected chi connectivity index (χ3v) is 13.0. The molecule has 0 saturated carbocycles. The number of halogens is 15. The molecule has 0 aliphatic carbocycles. The first-order valence-corrected chi connectivity index (χ1v) is 20.5. The van der Waals surface area contributed by atoms with Crippen LogP contribution in [0.2, 0.25) is 0 Å². The van der Waals surface area contributed by atoms with Gasteiger partial charge in [-0.25, -0.2) is 0 Å². The molecule has 0 amide bonds. The van der Waals surface area contributed by atoms with Crippen LogP contribution in [0.4, 0.5) is 65.9 Å². The Bertz CT molecular complexity index is 3220. The molecule has 2 aliphatic heterocycles. The summed E-state index contributed by atoms with van der Waals surface area (Å²) in [7, 11) is 0. The van der Waals surface area contributed by atoms with Crippen LogP contribution < -0.4 is 3.58 Å². The van der Waals surface area contributed by atoms with E-state index >= 15 is 8.78 Å². The molecule has 0 atom stereocenters. The number of rotatable bonds is 8. The fraction of sp³-hybridized carbons (Fsp3) is 0.179. The zero-order valence-electron chi connectivity index (χ0n) is 30.9. The van der Waals surface area contributed by atoms with E-state index in [9.17, 15) is 57.1 Å². The van der Waals surface area contributed by atoms with E-state index < -0.39 is 67.0 Å². The molecule has 5 heterocycles. The number of hydrogen-bond donors (Lipinski definition) is 2. The average molecular weight is 1020 g/mol. The van der Waals surface area contributed by atoms with Gasteiger partial charge in [0.2, 0.25) is 0 Å². The second-order valence-corrected chi connectivity index (χ2v) is 16.8. The molecule has 328 valence electrons. The first kappa shape index (κ1) is 43.2. The van der Waals surface area contributed by atoms with E-state index in [1.54, 1.807) is 72.8 Å². The fourth-order valence-electron chi connectivity index (χ4n) is 6.91. The molecule has 4 aromatic carbocycles. The topological polar surface area (TPSA) is 118 Å². The number of H-pyrrole nitrogens is 2.